The van der Waals surface area contributed by atoms with Gasteiger partial charge < -0.3 is 25.4 Å². The molecule has 2 rings (SSSR count). The van der Waals surface area contributed by atoms with Gasteiger partial charge in [0, 0.05) is 12.1 Å². The fourth-order valence-electron chi connectivity index (χ4n) is 2.47. The molecule has 31 heavy (non-hydrogen) atoms. The van der Waals surface area contributed by atoms with E-state index >= 15 is 0 Å². The lowest BCUT2D eigenvalue weighted by molar-refractivity contribution is -0.145. The molecule has 1 unspecified atom stereocenters. The summed E-state index contributed by atoms with van der Waals surface area (Å²) in [7, 11) is 0. The third-order valence-corrected chi connectivity index (χ3v) is 4.02. The number of amides is 3. The summed E-state index contributed by atoms with van der Waals surface area (Å²) in [5, 5.41) is 7.34. The van der Waals surface area contributed by atoms with Gasteiger partial charge in [-0.2, -0.15) is 0 Å². The van der Waals surface area contributed by atoms with Gasteiger partial charge in [-0.25, -0.2) is 9.59 Å². The van der Waals surface area contributed by atoms with Gasteiger partial charge in [-0.05, 0) is 24.6 Å². The number of rotatable bonds is 10. The van der Waals surface area contributed by atoms with Crippen molar-refractivity contribution in [3.05, 3.63) is 71.8 Å². The van der Waals surface area contributed by atoms with Crippen LogP contribution < -0.4 is 16.0 Å². The van der Waals surface area contributed by atoms with Crippen molar-refractivity contribution in [2.75, 3.05) is 19.7 Å². The zero-order chi connectivity index (χ0) is 22.5. The number of carbonyl (C=O) groups is 4. The van der Waals surface area contributed by atoms with Crippen molar-refractivity contribution in [3.63, 3.8) is 0 Å². The maximum atomic E-state index is 12.1. The van der Waals surface area contributed by atoms with Crippen LogP contribution in [0.25, 0.3) is 0 Å². The van der Waals surface area contributed by atoms with Crippen LogP contribution in [0.3, 0.4) is 0 Å². The maximum absolute atomic E-state index is 12.1. The Morgan fingerprint density at radius 2 is 1.52 bits per heavy atom. The molecule has 3 N–H and O–H groups in total. The van der Waals surface area contributed by atoms with Gasteiger partial charge in [-0.3, -0.25) is 9.59 Å². The zero-order valence-corrected chi connectivity index (χ0v) is 17.1. The summed E-state index contributed by atoms with van der Waals surface area (Å²) < 4.78 is 10.0. The van der Waals surface area contributed by atoms with Crippen LogP contribution >= 0.6 is 0 Å². The molecule has 0 fully saturated rings. The maximum Gasteiger partial charge on any atom is 0.408 e. The standard InChI is InChI=1S/C22H25N3O6/c1-2-30-21(28)18(25-22(29)31-15-16-9-5-3-6-10-16)13-23-19(26)14-24-20(27)17-11-7-4-8-12-17/h3-12,18H,2,13-15H2,1H3,(H,23,26)(H,24,27)(H,25,29). The number of ether oxygens (including phenoxy) is 2. The highest BCUT2D eigenvalue weighted by molar-refractivity contribution is 5.96. The Hall–Kier alpha value is -3.88. The van der Waals surface area contributed by atoms with Crippen molar-refractivity contribution < 1.29 is 28.7 Å². The second-order valence-electron chi connectivity index (χ2n) is 6.36. The third kappa shape index (κ3) is 8.57. The summed E-state index contributed by atoms with van der Waals surface area (Å²) in [6.07, 6.45) is -0.825. The summed E-state index contributed by atoms with van der Waals surface area (Å²) >= 11 is 0. The van der Waals surface area contributed by atoms with E-state index in [4.69, 9.17) is 9.47 Å². The average Bonchev–Trinajstić information content (AvgIpc) is 2.80. The predicted molar refractivity (Wildman–Crippen MR) is 112 cm³/mol. The van der Waals surface area contributed by atoms with Crippen molar-refractivity contribution in [2.24, 2.45) is 0 Å². The van der Waals surface area contributed by atoms with Crippen LogP contribution in [-0.4, -0.2) is 49.6 Å². The summed E-state index contributed by atoms with van der Waals surface area (Å²) in [4.78, 5) is 48.2. The molecule has 0 aromatic heterocycles. The second kappa shape index (κ2) is 12.6. The second-order valence-corrected chi connectivity index (χ2v) is 6.36. The highest BCUT2D eigenvalue weighted by atomic mass is 16.6. The van der Waals surface area contributed by atoms with Crippen molar-refractivity contribution in [2.45, 2.75) is 19.6 Å². The van der Waals surface area contributed by atoms with Crippen molar-refractivity contribution in [3.8, 4) is 0 Å². The molecule has 0 saturated carbocycles. The van der Waals surface area contributed by atoms with Crippen LogP contribution in [0.2, 0.25) is 0 Å². The molecular formula is C22H25N3O6. The number of nitrogens with one attached hydrogen (secondary N) is 3. The van der Waals surface area contributed by atoms with Gasteiger partial charge in [0.25, 0.3) is 5.91 Å². The molecule has 0 saturated heterocycles. The van der Waals surface area contributed by atoms with E-state index in [2.05, 4.69) is 16.0 Å². The first kappa shape index (κ1) is 23.4. The number of esters is 1. The van der Waals surface area contributed by atoms with E-state index in [0.29, 0.717) is 5.56 Å². The summed E-state index contributed by atoms with van der Waals surface area (Å²) in [6.45, 7) is 1.25. The molecule has 2 aromatic carbocycles. The molecule has 2 aromatic rings. The van der Waals surface area contributed by atoms with Gasteiger partial charge >= 0.3 is 12.1 Å². The first-order valence-electron chi connectivity index (χ1n) is 9.73. The predicted octanol–water partition coefficient (Wildman–Crippen LogP) is 1.39. The quantitative estimate of drug-likeness (QED) is 0.493. The SMILES string of the molecule is CCOC(=O)C(CNC(=O)CNC(=O)c1ccccc1)NC(=O)OCc1ccccc1. The topological polar surface area (TPSA) is 123 Å². The van der Waals surface area contributed by atoms with Gasteiger partial charge in [-0.1, -0.05) is 48.5 Å². The van der Waals surface area contributed by atoms with Crippen LogP contribution in [0.1, 0.15) is 22.8 Å². The summed E-state index contributed by atoms with van der Waals surface area (Å²) in [6, 6.07) is 16.3. The van der Waals surface area contributed by atoms with Gasteiger partial charge in [0.2, 0.25) is 5.91 Å². The Morgan fingerprint density at radius 1 is 0.871 bits per heavy atom. The van der Waals surface area contributed by atoms with Crippen LogP contribution in [0, 0.1) is 0 Å². The van der Waals surface area contributed by atoms with Gasteiger partial charge in [-0.15, -0.1) is 0 Å². The summed E-state index contributed by atoms with van der Waals surface area (Å²) in [5.74, 6) is -1.65. The lowest BCUT2D eigenvalue weighted by Crippen LogP contribution is -2.50. The first-order chi connectivity index (χ1) is 15.0. The van der Waals surface area contributed by atoms with Crippen LogP contribution in [0.5, 0.6) is 0 Å². The molecule has 0 aliphatic rings. The Bertz CT molecular complexity index is 873. The van der Waals surface area contributed by atoms with E-state index in [1.165, 1.54) is 0 Å². The van der Waals surface area contributed by atoms with E-state index in [1.807, 2.05) is 18.2 Å². The van der Waals surface area contributed by atoms with E-state index in [0.717, 1.165) is 5.56 Å². The number of alkyl carbamates (subject to hydrolysis) is 1. The minimum absolute atomic E-state index is 0.0279. The molecule has 9 heteroatoms. The van der Waals surface area contributed by atoms with Crippen molar-refractivity contribution >= 4 is 23.9 Å². The minimum Gasteiger partial charge on any atom is -0.464 e. The number of hydrogen-bond acceptors (Lipinski definition) is 6. The largest absolute Gasteiger partial charge is 0.464 e. The molecular weight excluding hydrogens is 402 g/mol. The molecule has 0 aliphatic heterocycles. The van der Waals surface area contributed by atoms with Gasteiger partial charge in [0.05, 0.1) is 13.2 Å². The van der Waals surface area contributed by atoms with Crippen molar-refractivity contribution in [1.29, 1.82) is 0 Å². The Morgan fingerprint density at radius 3 is 2.16 bits per heavy atom. The molecule has 0 bridgehead atoms. The molecule has 3 amide bonds. The number of benzene rings is 2. The minimum atomic E-state index is -1.14. The number of carbonyl (C=O) groups excluding carboxylic acids is 4. The monoisotopic (exact) mass is 427 g/mol. The fraction of sp³-hybridized carbons (Fsp3) is 0.273. The molecule has 0 spiro atoms. The Labute approximate surface area is 180 Å². The van der Waals surface area contributed by atoms with E-state index in [9.17, 15) is 19.2 Å². The Kier molecular flexibility index (Phi) is 9.54. The smallest absolute Gasteiger partial charge is 0.408 e. The molecule has 1 atom stereocenters. The van der Waals surface area contributed by atoms with E-state index in [-0.39, 0.29) is 26.3 Å². The van der Waals surface area contributed by atoms with Gasteiger partial charge in [0.1, 0.15) is 12.6 Å². The lowest BCUT2D eigenvalue weighted by atomic mass is 10.2. The average molecular weight is 427 g/mol. The van der Waals surface area contributed by atoms with Crippen LogP contribution in [0.4, 0.5) is 4.79 Å². The van der Waals surface area contributed by atoms with Gasteiger partial charge in [0.15, 0.2) is 0 Å². The van der Waals surface area contributed by atoms with Crippen LogP contribution in [0.15, 0.2) is 60.7 Å². The normalized spacial score (nSPS) is 11.0. The van der Waals surface area contributed by atoms with Crippen LogP contribution in [-0.2, 0) is 25.7 Å². The molecule has 9 nitrogen and oxygen atoms in total. The molecule has 0 radical (unpaired) electrons. The highest BCUT2D eigenvalue weighted by Gasteiger charge is 2.23. The number of hydrogen-bond donors (Lipinski definition) is 3. The molecule has 0 heterocycles. The van der Waals surface area contributed by atoms with Crippen molar-refractivity contribution in [1.82, 2.24) is 16.0 Å². The lowest BCUT2D eigenvalue weighted by Gasteiger charge is -2.18. The first-order valence-corrected chi connectivity index (χ1v) is 9.73. The third-order valence-electron chi connectivity index (χ3n) is 4.02. The molecule has 0 aliphatic carbocycles. The molecule has 164 valence electrons. The Balaban J connectivity index is 1.81. The summed E-state index contributed by atoms with van der Waals surface area (Å²) in [5.41, 5.74) is 1.20. The van der Waals surface area contributed by atoms with E-state index < -0.39 is 29.9 Å². The van der Waals surface area contributed by atoms with E-state index in [1.54, 1.807) is 49.4 Å². The zero-order valence-electron chi connectivity index (χ0n) is 17.1. The fourth-order valence-corrected chi connectivity index (χ4v) is 2.47. The highest BCUT2D eigenvalue weighted by Crippen LogP contribution is 2.01.